The van der Waals surface area contributed by atoms with Gasteiger partial charge in [0.15, 0.2) is 6.10 Å². The molecule has 1 rings (SSSR count). The van der Waals surface area contributed by atoms with Gasteiger partial charge in [-0.1, -0.05) is 32.0 Å². The van der Waals surface area contributed by atoms with Crippen LogP contribution in [-0.2, 0) is 4.79 Å². The lowest BCUT2D eigenvalue weighted by atomic mass is 10.1. The van der Waals surface area contributed by atoms with Crippen LogP contribution in [0.1, 0.15) is 32.8 Å². The Balaban J connectivity index is 2.43. The number of para-hydroxylation sites is 1. The highest BCUT2D eigenvalue weighted by molar-refractivity contribution is 5.80. The van der Waals surface area contributed by atoms with E-state index in [1.807, 2.05) is 31.2 Å². The lowest BCUT2D eigenvalue weighted by molar-refractivity contribution is -0.127. The van der Waals surface area contributed by atoms with Gasteiger partial charge in [0.05, 0.1) is 0 Å². The first kappa shape index (κ1) is 14.6. The van der Waals surface area contributed by atoms with Crippen molar-refractivity contribution >= 4 is 5.91 Å². The van der Waals surface area contributed by atoms with Crippen molar-refractivity contribution in [1.29, 1.82) is 0 Å². The normalized spacial score (nSPS) is 12.3. The molecule has 1 aromatic carbocycles. The summed E-state index contributed by atoms with van der Waals surface area (Å²) in [5.41, 5.74) is 1.04. The van der Waals surface area contributed by atoms with E-state index in [4.69, 9.17) is 4.74 Å². The first-order chi connectivity index (χ1) is 8.50. The molecule has 1 aromatic rings. The second-order valence-corrected chi connectivity index (χ2v) is 5.00. The third kappa shape index (κ3) is 4.78. The molecule has 0 unspecified atom stereocenters. The number of hydrogen-bond acceptors (Lipinski definition) is 2. The first-order valence-electron chi connectivity index (χ1n) is 6.50. The van der Waals surface area contributed by atoms with Crippen LogP contribution in [0.4, 0.5) is 0 Å². The second kappa shape index (κ2) is 7.04. The van der Waals surface area contributed by atoms with Gasteiger partial charge < -0.3 is 10.1 Å². The lowest BCUT2D eigenvalue weighted by Gasteiger charge is -2.16. The zero-order chi connectivity index (χ0) is 13.5. The van der Waals surface area contributed by atoms with Crippen LogP contribution in [0.5, 0.6) is 5.75 Å². The summed E-state index contributed by atoms with van der Waals surface area (Å²) >= 11 is 0. The summed E-state index contributed by atoms with van der Waals surface area (Å²) in [6, 6.07) is 7.72. The van der Waals surface area contributed by atoms with Gasteiger partial charge in [0.25, 0.3) is 5.91 Å². The Hall–Kier alpha value is -1.51. The predicted molar refractivity (Wildman–Crippen MR) is 73.7 cm³/mol. The minimum atomic E-state index is -0.460. The molecule has 3 nitrogen and oxygen atoms in total. The van der Waals surface area contributed by atoms with E-state index in [0.717, 1.165) is 17.7 Å². The maximum atomic E-state index is 11.8. The number of amides is 1. The van der Waals surface area contributed by atoms with E-state index in [1.54, 1.807) is 6.92 Å². The zero-order valence-electron chi connectivity index (χ0n) is 11.7. The van der Waals surface area contributed by atoms with Crippen molar-refractivity contribution in [2.75, 3.05) is 6.54 Å². The Labute approximate surface area is 110 Å². The summed E-state index contributed by atoms with van der Waals surface area (Å²) in [5, 5.41) is 2.89. The van der Waals surface area contributed by atoms with Crippen molar-refractivity contribution < 1.29 is 9.53 Å². The van der Waals surface area contributed by atoms with E-state index < -0.39 is 6.10 Å². The topological polar surface area (TPSA) is 38.3 Å². The maximum Gasteiger partial charge on any atom is 0.260 e. The molecule has 0 aliphatic heterocycles. The average Bonchev–Trinajstić information content (AvgIpc) is 2.31. The fourth-order valence-electron chi connectivity index (χ4n) is 1.56. The summed E-state index contributed by atoms with van der Waals surface area (Å²) in [5.74, 6) is 1.31. The van der Waals surface area contributed by atoms with E-state index in [9.17, 15) is 4.79 Å². The van der Waals surface area contributed by atoms with Gasteiger partial charge in [-0.05, 0) is 37.8 Å². The number of hydrogen-bond donors (Lipinski definition) is 1. The van der Waals surface area contributed by atoms with Crippen molar-refractivity contribution in [3.63, 3.8) is 0 Å². The average molecular weight is 249 g/mol. The van der Waals surface area contributed by atoms with Crippen molar-refractivity contribution in [2.24, 2.45) is 5.92 Å². The molecule has 0 heterocycles. The minimum Gasteiger partial charge on any atom is -0.481 e. The first-order valence-corrected chi connectivity index (χ1v) is 6.50. The Bertz CT molecular complexity index is 388. The molecule has 0 aliphatic carbocycles. The van der Waals surface area contributed by atoms with E-state index in [2.05, 4.69) is 19.2 Å². The molecular weight excluding hydrogens is 226 g/mol. The van der Waals surface area contributed by atoms with Gasteiger partial charge in [0.1, 0.15) is 5.75 Å². The van der Waals surface area contributed by atoms with Gasteiger partial charge in [-0.15, -0.1) is 0 Å². The SMILES string of the molecule is Cc1ccccc1O[C@@H](C)C(=O)NCCC(C)C. The van der Waals surface area contributed by atoms with Crippen LogP contribution >= 0.6 is 0 Å². The van der Waals surface area contributed by atoms with Gasteiger partial charge in [-0.25, -0.2) is 0 Å². The highest BCUT2D eigenvalue weighted by Gasteiger charge is 2.14. The number of nitrogens with one attached hydrogen (secondary N) is 1. The largest absolute Gasteiger partial charge is 0.481 e. The van der Waals surface area contributed by atoms with E-state index in [1.165, 1.54) is 0 Å². The van der Waals surface area contributed by atoms with Crippen LogP contribution < -0.4 is 10.1 Å². The van der Waals surface area contributed by atoms with Crippen LogP contribution in [0.2, 0.25) is 0 Å². The van der Waals surface area contributed by atoms with Crippen LogP contribution in [0.3, 0.4) is 0 Å². The third-order valence-corrected chi connectivity index (χ3v) is 2.79. The molecule has 0 aromatic heterocycles. The minimum absolute atomic E-state index is 0.0566. The fraction of sp³-hybridized carbons (Fsp3) is 0.533. The van der Waals surface area contributed by atoms with Crippen LogP contribution in [0.15, 0.2) is 24.3 Å². The molecule has 0 saturated heterocycles. The van der Waals surface area contributed by atoms with E-state index in [0.29, 0.717) is 12.5 Å². The Morgan fingerprint density at radius 3 is 2.56 bits per heavy atom. The van der Waals surface area contributed by atoms with Gasteiger partial charge in [0.2, 0.25) is 0 Å². The molecule has 0 radical (unpaired) electrons. The van der Waals surface area contributed by atoms with Crippen molar-refractivity contribution in [1.82, 2.24) is 5.32 Å². The van der Waals surface area contributed by atoms with Gasteiger partial charge in [-0.3, -0.25) is 4.79 Å². The highest BCUT2D eigenvalue weighted by atomic mass is 16.5. The summed E-state index contributed by atoms with van der Waals surface area (Å²) in [7, 11) is 0. The van der Waals surface area contributed by atoms with Crippen LogP contribution in [-0.4, -0.2) is 18.6 Å². The van der Waals surface area contributed by atoms with E-state index in [-0.39, 0.29) is 5.91 Å². The number of aryl methyl sites for hydroxylation is 1. The Kier molecular flexibility index (Phi) is 5.69. The number of benzene rings is 1. The van der Waals surface area contributed by atoms with Gasteiger partial charge in [-0.2, -0.15) is 0 Å². The lowest BCUT2D eigenvalue weighted by Crippen LogP contribution is -2.37. The highest BCUT2D eigenvalue weighted by Crippen LogP contribution is 2.17. The van der Waals surface area contributed by atoms with Crippen molar-refractivity contribution in [3.8, 4) is 5.75 Å². The van der Waals surface area contributed by atoms with E-state index >= 15 is 0 Å². The Morgan fingerprint density at radius 1 is 1.28 bits per heavy atom. The van der Waals surface area contributed by atoms with Crippen LogP contribution in [0.25, 0.3) is 0 Å². The fourth-order valence-corrected chi connectivity index (χ4v) is 1.56. The van der Waals surface area contributed by atoms with Crippen molar-refractivity contribution in [3.05, 3.63) is 29.8 Å². The molecule has 1 N–H and O–H groups in total. The predicted octanol–water partition coefficient (Wildman–Crippen LogP) is 2.92. The van der Waals surface area contributed by atoms with Gasteiger partial charge in [0, 0.05) is 6.54 Å². The molecule has 1 atom stereocenters. The summed E-state index contributed by atoms with van der Waals surface area (Å²) in [4.78, 5) is 11.8. The molecule has 3 heteroatoms. The standard InChI is InChI=1S/C15H23NO2/c1-11(2)9-10-16-15(17)13(4)18-14-8-6-5-7-12(14)3/h5-8,11,13H,9-10H2,1-4H3,(H,16,17)/t13-/m0/s1. The van der Waals surface area contributed by atoms with Gasteiger partial charge >= 0.3 is 0 Å². The molecule has 18 heavy (non-hydrogen) atoms. The molecule has 100 valence electrons. The molecule has 0 spiro atoms. The van der Waals surface area contributed by atoms with Crippen molar-refractivity contribution in [2.45, 2.75) is 40.2 Å². The number of ether oxygens (including phenoxy) is 1. The molecule has 0 saturated carbocycles. The number of carbonyl (C=O) groups excluding carboxylic acids is 1. The molecular formula is C15H23NO2. The maximum absolute atomic E-state index is 11.8. The second-order valence-electron chi connectivity index (χ2n) is 5.00. The summed E-state index contributed by atoms with van der Waals surface area (Å²) in [6.45, 7) is 8.73. The quantitative estimate of drug-likeness (QED) is 0.841. The third-order valence-electron chi connectivity index (χ3n) is 2.79. The summed E-state index contributed by atoms with van der Waals surface area (Å²) < 4.78 is 5.65. The number of carbonyl (C=O) groups is 1. The molecule has 0 fully saturated rings. The molecule has 1 amide bonds. The molecule has 0 aliphatic rings. The number of rotatable bonds is 6. The zero-order valence-corrected chi connectivity index (χ0v) is 11.7. The van der Waals surface area contributed by atoms with Crippen LogP contribution in [0, 0.1) is 12.8 Å². The molecule has 0 bridgehead atoms. The smallest absolute Gasteiger partial charge is 0.260 e. The Morgan fingerprint density at radius 2 is 1.94 bits per heavy atom. The summed E-state index contributed by atoms with van der Waals surface area (Å²) in [6.07, 6.45) is 0.529. The monoisotopic (exact) mass is 249 g/mol.